The van der Waals surface area contributed by atoms with Gasteiger partial charge in [0, 0.05) is 5.56 Å². The van der Waals surface area contributed by atoms with E-state index in [9.17, 15) is 4.79 Å². The zero-order valence-electron chi connectivity index (χ0n) is 9.71. The molecule has 0 aliphatic carbocycles. The van der Waals surface area contributed by atoms with Crippen molar-refractivity contribution in [3.8, 4) is 6.07 Å². The molecule has 2 rings (SSSR count). The first kappa shape index (κ1) is 11.8. The second-order valence-corrected chi connectivity index (χ2v) is 3.80. The number of hydrogen-bond acceptors (Lipinski definition) is 2. The first-order chi connectivity index (χ1) is 8.79. The molecule has 0 bridgehead atoms. The van der Waals surface area contributed by atoms with Gasteiger partial charge in [-0.15, -0.1) is 0 Å². The highest BCUT2D eigenvalue weighted by Crippen LogP contribution is 2.07. The molecule has 0 unspecified atom stereocenters. The Balaban J connectivity index is 2.12. The number of allylic oxidation sites excluding steroid dienone is 1. The molecule has 2 nitrogen and oxygen atoms in total. The van der Waals surface area contributed by atoms with Crippen molar-refractivity contribution in [1.29, 1.82) is 5.26 Å². The van der Waals surface area contributed by atoms with Gasteiger partial charge < -0.3 is 0 Å². The quantitative estimate of drug-likeness (QED) is 0.601. The van der Waals surface area contributed by atoms with Crippen molar-refractivity contribution in [3.63, 3.8) is 0 Å². The molecule has 0 saturated heterocycles. The van der Waals surface area contributed by atoms with Crippen LogP contribution >= 0.6 is 0 Å². The van der Waals surface area contributed by atoms with E-state index in [0.29, 0.717) is 11.1 Å². The molecule has 0 aliphatic heterocycles. The van der Waals surface area contributed by atoms with E-state index in [2.05, 4.69) is 0 Å². The molecule has 2 aromatic rings. The van der Waals surface area contributed by atoms with E-state index in [1.54, 1.807) is 30.3 Å². The number of nitriles is 1. The van der Waals surface area contributed by atoms with E-state index in [4.69, 9.17) is 5.26 Å². The normalized spacial score (nSPS) is 10.2. The second kappa shape index (κ2) is 5.60. The molecule has 2 aromatic carbocycles. The Bertz CT molecular complexity index is 604. The fourth-order valence-electron chi connectivity index (χ4n) is 1.54. The van der Waals surface area contributed by atoms with Gasteiger partial charge in [0.2, 0.25) is 0 Å². The third kappa shape index (κ3) is 2.93. The van der Waals surface area contributed by atoms with Crippen LogP contribution in [0.4, 0.5) is 0 Å². The van der Waals surface area contributed by atoms with Gasteiger partial charge in [-0.2, -0.15) is 5.26 Å². The molecule has 0 spiro atoms. The SMILES string of the molecule is N#Cc1ccc(C(=O)/C=C/c2ccccc2)cc1. The van der Waals surface area contributed by atoms with E-state index < -0.39 is 0 Å². The molecule has 0 aromatic heterocycles. The lowest BCUT2D eigenvalue weighted by Crippen LogP contribution is -1.93. The molecule has 0 amide bonds. The molecular formula is C16H11NO. The van der Waals surface area contributed by atoms with Crippen molar-refractivity contribution in [2.45, 2.75) is 0 Å². The van der Waals surface area contributed by atoms with Gasteiger partial charge in [-0.05, 0) is 35.9 Å². The lowest BCUT2D eigenvalue weighted by molar-refractivity contribution is 0.104. The molecule has 18 heavy (non-hydrogen) atoms. The van der Waals surface area contributed by atoms with Gasteiger partial charge in [0.15, 0.2) is 5.78 Å². The largest absolute Gasteiger partial charge is 0.289 e. The minimum Gasteiger partial charge on any atom is -0.289 e. The van der Waals surface area contributed by atoms with Gasteiger partial charge in [-0.25, -0.2) is 0 Å². The highest BCUT2D eigenvalue weighted by atomic mass is 16.1. The number of benzene rings is 2. The second-order valence-electron chi connectivity index (χ2n) is 3.80. The van der Waals surface area contributed by atoms with Crippen molar-refractivity contribution < 1.29 is 4.79 Å². The van der Waals surface area contributed by atoms with Gasteiger partial charge in [-0.3, -0.25) is 4.79 Å². The Morgan fingerprint density at radius 2 is 1.67 bits per heavy atom. The molecular weight excluding hydrogens is 222 g/mol. The van der Waals surface area contributed by atoms with E-state index in [1.165, 1.54) is 6.08 Å². The maximum atomic E-state index is 11.8. The third-order valence-corrected chi connectivity index (χ3v) is 2.53. The summed E-state index contributed by atoms with van der Waals surface area (Å²) in [5.41, 5.74) is 2.12. The van der Waals surface area contributed by atoms with Crippen LogP contribution in [-0.4, -0.2) is 5.78 Å². The molecule has 86 valence electrons. The summed E-state index contributed by atoms with van der Waals surface area (Å²) in [6, 6.07) is 18.3. The van der Waals surface area contributed by atoms with E-state index in [1.807, 2.05) is 36.4 Å². The van der Waals surface area contributed by atoms with Crippen LogP contribution in [0.2, 0.25) is 0 Å². The van der Waals surface area contributed by atoms with Crippen LogP contribution in [0.1, 0.15) is 21.5 Å². The van der Waals surface area contributed by atoms with Crippen LogP contribution in [0.15, 0.2) is 60.7 Å². The van der Waals surface area contributed by atoms with Gasteiger partial charge >= 0.3 is 0 Å². The number of hydrogen-bond donors (Lipinski definition) is 0. The van der Waals surface area contributed by atoms with Crippen molar-refractivity contribution in [3.05, 3.63) is 77.4 Å². The fraction of sp³-hybridized carbons (Fsp3) is 0. The molecule has 0 atom stereocenters. The van der Waals surface area contributed by atoms with Gasteiger partial charge in [0.25, 0.3) is 0 Å². The van der Waals surface area contributed by atoms with Gasteiger partial charge in [-0.1, -0.05) is 36.4 Å². The predicted octanol–water partition coefficient (Wildman–Crippen LogP) is 3.45. The molecule has 0 aliphatic rings. The van der Waals surface area contributed by atoms with Crippen LogP contribution in [0, 0.1) is 11.3 Å². The Kier molecular flexibility index (Phi) is 3.68. The van der Waals surface area contributed by atoms with Crippen LogP contribution < -0.4 is 0 Å². The summed E-state index contributed by atoms with van der Waals surface area (Å²) < 4.78 is 0. The summed E-state index contributed by atoms with van der Waals surface area (Å²) in [4.78, 5) is 11.8. The zero-order chi connectivity index (χ0) is 12.8. The summed E-state index contributed by atoms with van der Waals surface area (Å²) in [5, 5.41) is 8.67. The van der Waals surface area contributed by atoms with Crippen LogP contribution in [0.3, 0.4) is 0 Å². The van der Waals surface area contributed by atoms with Crippen molar-refractivity contribution >= 4 is 11.9 Å². The molecule has 0 N–H and O–H groups in total. The Morgan fingerprint density at radius 3 is 2.28 bits per heavy atom. The number of carbonyl (C=O) groups is 1. The topological polar surface area (TPSA) is 40.9 Å². The van der Waals surface area contributed by atoms with Crippen LogP contribution in [0.25, 0.3) is 6.08 Å². The first-order valence-corrected chi connectivity index (χ1v) is 5.57. The molecule has 0 radical (unpaired) electrons. The molecule has 2 heteroatoms. The Labute approximate surface area is 106 Å². The maximum Gasteiger partial charge on any atom is 0.185 e. The van der Waals surface area contributed by atoms with E-state index >= 15 is 0 Å². The lowest BCUT2D eigenvalue weighted by Gasteiger charge is -1.96. The number of ketones is 1. The van der Waals surface area contributed by atoms with Gasteiger partial charge in [0.05, 0.1) is 11.6 Å². The van der Waals surface area contributed by atoms with Crippen LogP contribution in [-0.2, 0) is 0 Å². The average Bonchev–Trinajstić information content (AvgIpc) is 2.46. The van der Waals surface area contributed by atoms with E-state index in [-0.39, 0.29) is 5.78 Å². The fourth-order valence-corrected chi connectivity index (χ4v) is 1.54. The Hall–Kier alpha value is -2.66. The zero-order valence-corrected chi connectivity index (χ0v) is 9.71. The Morgan fingerprint density at radius 1 is 1.00 bits per heavy atom. The number of carbonyl (C=O) groups excluding carboxylic acids is 1. The van der Waals surface area contributed by atoms with Crippen LogP contribution in [0.5, 0.6) is 0 Å². The van der Waals surface area contributed by atoms with Gasteiger partial charge in [0.1, 0.15) is 0 Å². The van der Waals surface area contributed by atoms with Crippen molar-refractivity contribution in [2.24, 2.45) is 0 Å². The summed E-state index contributed by atoms with van der Waals surface area (Å²) in [5.74, 6) is -0.0663. The average molecular weight is 233 g/mol. The molecule has 0 saturated carbocycles. The summed E-state index contributed by atoms with van der Waals surface area (Å²) in [6.45, 7) is 0. The van der Waals surface area contributed by atoms with Crippen molar-refractivity contribution in [2.75, 3.05) is 0 Å². The predicted molar refractivity (Wildman–Crippen MR) is 71.0 cm³/mol. The smallest absolute Gasteiger partial charge is 0.185 e. The first-order valence-electron chi connectivity index (χ1n) is 5.57. The summed E-state index contributed by atoms with van der Waals surface area (Å²) >= 11 is 0. The maximum absolute atomic E-state index is 11.8. The highest BCUT2D eigenvalue weighted by molar-refractivity contribution is 6.06. The summed E-state index contributed by atoms with van der Waals surface area (Å²) in [7, 11) is 0. The molecule has 0 heterocycles. The monoisotopic (exact) mass is 233 g/mol. The minimum absolute atomic E-state index is 0.0663. The third-order valence-electron chi connectivity index (χ3n) is 2.53. The highest BCUT2D eigenvalue weighted by Gasteiger charge is 2.01. The standard InChI is InChI=1S/C16H11NO/c17-12-14-6-9-15(10-7-14)16(18)11-8-13-4-2-1-3-5-13/h1-11H/b11-8+. The number of rotatable bonds is 3. The number of nitrogens with zero attached hydrogens (tertiary/aromatic N) is 1. The minimum atomic E-state index is -0.0663. The van der Waals surface area contributed by atoms with Crippen molar-refractivity contribution in [1.82, 2.24) is 0 Å². The molecule has 0 fully saturated rings. The van der Waals surface area contributed by atoms with E-state index in [0.717, 1.165) is 5.56 Å². The summed E-state index contributed by atoms with van der Waals surface area (Å²) in [6.07, 6.45) is 3.32. The lowest BCUT2D eigenvalue weighted by atomic mass is 10.1.